The van der Waals surface area contributed by atoms with Crippen molar-refractivity contribution < 1.29 is 14.6 Å². The van der Waals surface area contributed by atoms with Gasteiger partial charge >= 0.3 is 5.97 Å². The van der Waals surface area contributed by atoms with E-state index in [1.807, 2.05) is 42.5 Å². The van der Waals surface area contributed by atoms with Crippen LogP contribution in [0.5, 0.6) is 0 Å². The Bertz CT molecular complexity index is 1400. The number of aromatic amines is 1. The number of pyridine rings is 1. The first kappa shape index (κ1) is 35.3. The summed E-state index contributed by atoms with van der Waals surface area (Å²) in [5, 5.41) is 14.9. The number of nitrogens with one attached hydrogen (secondary N) is 2. The van der Waals surface area contributed by atoms with E-state index in [0.717, 1.165) is 68.2 Å². The lowest BCUT2D eigenvalue weighted by Gasteiger charge is -2.33. The summed E-state index contributed by atoms with van der Waals surface area (Å²) in [6.45, 7) is 5.31. The number of benzene rings is 2. The van der Waals surface area contributed by atoms with Crippen molar-refractivity contribution >= 4 is 16.9 Å². The molecular formula is C40H57N3O4. The number of esters is 1. The standard InChI is InChI=1S/C40H57N3O4/c44-37(35-28-38(45)42-36-21-13-12-20-34(35)36)29-41-24-14-4-2-1-3-5-15-25-43-26-22-31(23-27-43)30-47-40(46)39(32-16-8-6-9-17-32)33-18-10-7-11-19-33/h6,8-9,12-13,16-17,20-21,28,31,33,37,39,41,44H,1-5,7,10-11,14-15,18-19,22-27,29-30H2,(H,42,45)/t37-,39?/m0/s1. The van der Waals surface area contributed by atoms with Crippen LogP contribution < -0.4 is 10.9 Å². The molecule has 7 heteroatoms. The summed E-state index contributed by atoms with van der Waals surface area (Å²) in [4.78, 5) is 30.7. The molecule has 47 heavy (non-hydrogen) atoms. The molecule has 1 aliphatic carbocycles. The van der Waals surface area contributed by atoms with Crippen LogP contribution in [0, 0.1) is 11.8 Å². The summed E-state index contributed by atoms with van der Waals surface area (Å²) >= 11 is 0. The predicted octanol–water partition coefficient (Wildman–Crippen LogP) is 7.50. The van der Waals surface area contributed by atoms with Gasteiger partial charge in [-0.15, -0.1) is 0 Å². The van der Waals surface area contributed by atoms with E-state index in [9.17, 15) is 14.7 Å². The number of unbranched alkanes of at least 4 members (excludes halogenated alkanes) is 6. The predicted molar refractivity (Wildman–Crippen MR) is 191 cm³/mol. The van der Waals surface area contributed by atoms with Crippen LogP contribution in [0.15, 0.2) is 65.5 Å². The molecule has 2 heterocycles. The van der Waals surface area contributed by atoms with E-state index in [0.29, 0.717) is 30.6 Å². The summed E-state index contributed by atoms with van der Waals surface area (Å²) in [7, 11) is 0. The van der Waals surface area contributed by atoms with E-state index < -0.39 is 6.10 Å². The topological polar surface area (TPSA) is 94.7 Å². The summed E-state index contributed by atoms with van der Waals surface area (Å²) in [5.41, 5.74) is 2.39. The number of carbonyl (C=O) groups excluding carboxylic acids is 1. The number of piperidine rings is 1. The molecule has 2 atom stereocenters. The lowest BCUT2D eigenvalue weighted by atomic mass is 9.77. The van der Waals surface area contributed by atoms with E-state index >= 15 is 0 Å². The minimum absolute atomic E-state index is 0.00341. The van der Waals surface area contributed by atoms with Gasteiger partial charge in [0.15, 0.2) is 0 Å². The second-order valence-corrected chi connectivity index (χ2v) is 14.0. The average Bonchev–Trinajstić information content (AvgIpc) is 3.10. The monoisotopic (exact) mass is 643 g/mol. The molecule has 5 rings (SSSR count). The van der Waals surface area contributed by atoms with Crippen molar-refractivity contribution in [2.24, 2.45) is 11.8 Å². The molecule has 3 aromatic rings. The number of nitrogens with zero attached hydrogens (tertiary/aromatic N) is 1. The Morgan fingerprint density at radius 3 is 2.32 bits per heavy atom. The van der Waals surface area contributed by atoms with Crippen molar-refractivity contribution in [3.63, 3.8) is 0 Å². The third-order valence-electron chi connectivity index (χ3n) is 10.5. The van der Waals surface area contributed by atoms with Crippen LogP contribution in [0.25, 0.3) is 10.9 Å². The van der Waals surface area contributed by atoms with Gasteiger partial charge < -0.3 is 25.0 Å². The van der Waals surface area contributed by atoms with Gasteiger partial charge in [-0.25, -0.2) is 0 Å². The fourth-order valence-corrected chi connectivity index (χ4v) is 7.72. The largest absolute Gasteiger partial charge is 0.465 e. The van der Waals surface area contributed by atoms with Crippen LogP contribution in [0.2, 0.25) is 0 Å². The van der Waals surface area contributed by atoms with Crippen LogP contribution in [0.1, 0.15) is 113 Å². The zero-order valence-electron chi connectivity index (χ0n) is 28.3. The van der Waals surface area contributed by atoms with E-state index in [4.69, 9.17) is 4.74 Å². The summed E-state index contributed by atoms with van der Waals surface area (Å²) in [6, 6.07) is 19.4. The number of aliphatic hydroxyl groups is 1. The van der Waals surface area contributed by atoms with E-state index in [-0.39, 0.29) is 17.4 Å². The number of aliphatic hydroxyl groups excluding tert-OH is 1. The Morgan fingerprint density at radius 1 is 0.872 bits per heavy atom. The molecule has 2 aliphatic rings. The van der Waals surface area contributed by atoms with Gasteiger partial charge in [0, 0.05) is 23.5 Å². The summed E-state index contributed by atoms with van der Waals surface area (Å²) in [6.07, 6.45) is 16.2. The third kappa shape index (κ3) is 11.0. The molecule has 256 valence electrons. The highest BCUT2D eigenvalue weighted by Crippen LogP contribution is 2.37. The molecule has 1 saturated heterocycles. The molecule has 0 bridgehead atoms. The second-order valence-electron chi connectivity index (χ2n) is 14.0. The molecule has 7 nitrogen and oxygen atoms in total. The number of H-pyrrole nitrogens is 1. The Hall–Kier alpha value is -3.00. The fraction of sp³-hybridized carbons (Fsp3) is 0.600. The Labute approximate surface area is 281 Å². The highest BCUT2D eigenvalue weighted by atomic mass is 16.5. The highest BCUT2D eigenvalue weighted by molar-refractivity contribution is 5.82. The van der Waals surface area contributed by atoms with Crippen LogP contribution in [-0.2, 0) is 9.53 Å². The number of para-hydroxylation sites is 1. The van der Waals surface area contributed by atoms with Gasteiger partial charge in [-0.05, 0) is 93.7 Å². The zero-order chi connectivity index (χ0) is 32.7. The lowest BCUT2D eigenvalue weighted by molar-refractivity contribution is -0.149. The minimum Gasteiger partial charge on any atom is -0.465 e. The number of carbonyl (C=O) groups is 1. The van der Waals surface area contributed by atoms with Gasteiger partial charge in [0.25, 0.3) is 0 Å². The van der Waals surface area contributed by atoms with Crippen LogP contribution in [0.4, 0.5) is 0 Å². The summed E-state index contributed by atoms with van der Waals surface area (Å²) < 4.78 is 6.02. The van der Waals surface area contributed by atoms with Gasteiger partial charge in [-0.2, -0.15) is 0 Å². The third-order valence-corrected chi connectivity index (χ3v) is 10.5. The van der Waals surface area contributed by atoms with Crippen LogP contribution in [-0.4, -0.2) is 60.3 Å². The molecule has 1 unspecified atom stereocenters. The quantitative estimate of drug-likeness (QED) is 0.0982. The maximum absolute atomic E-state index is 13.3. The lowest BCUT2D eigenvalue weighted by Crippen LogP contribution is -2.36. The number of hydrogen-bond donors (Lipinski definition) is 3. The normalized spacial score (nSPS) is 17.9. The van der Waals surface area contributed by atoms with Gasteiger partial charge in [0.05, 0.1) is 18.6 Å². The maximum Gasteiger partial charge on any atom is 0.313 e. The van der Waals surface area contributed by atoms with Crippen molar-refractivity contribution in [2.75, 3.05) is 39.3 Å². The Kier molecular flexibility index (Phi) is 14.4. The summed E-state index contributed by atoms with van der Waals surface area (Å²) in [5.74, 6) is 0.789. The Morgan fingerprint density at radius 2 is 1.55 bits per heavy atom. The zero-order valence-corrected chi connectivity index (χ0v) is 28.3. The van der Waals surface area contributed by atoms with E-state index in [1.54, 1.807) is 0 Å². The maximum atomic E-state index is 13.3. The molecule has 2 fully saturated rings. The highest BCUT2D eigenvalue weighted by Gasteiger charge is 2.33. The molecule has 0 amide bonds. The fourth-order valence-electron chi connectivity index (χ4n) is 7.72. The van der Waals surface area contributed by atoms with Crippen molar-refractivity contribution in [1.82, 2.24) is 15.2 Å². The molecule has 3 N–H and O–H groups in total. The van der Waals surface area contributed by atoms with Crippen LogP contribution in [0.3, 0.4) is 0 Å². The van der Waals surface area contributed by atoms with Crippen LogP contribution >= 0.6 is 0 Å². The molecule has 1 saturated carbocycles. The van der Waals surface area contributed by atoms with Crippen molar-refractivity contribution in [3.05, 3.63) is 82.1 Å². The number of fused-ring (bicyclic) bond motifs is 1. The first-order valence-corrected chi connectivity index (χ1v) is 18.5. The van der Waals surface area contributed by atoms with Crippen molar-refractivity contribution in [3.8, 4) is 0 Å². The number of hydrogen-bond acceptors (Lipinski definition) is 6. The molecular weight excluding hydrogens is 586 g/mol. The van der Waals surface area contributed by atoms with Crippen molar-refractivity contribution in [1.29, 1.82) is 0 Å². The number of ether oxygens (including phenoxy) is 1. The average molecular weight is 644 g/mol. The van der Waals surface area contributed by atoms with Gasteiger partial charge in [-0.3, -0.25) is 9.59 Å². The van der Waals surface area contributed by atoms with Gasteiger partial charge in [0.1, 0.15) is 0 Å². The van der Waals surface area contributed by atoms with Gasteiger partial charge in [0.2, 0.25) is 5.56 Å². The van der Waals surface area contributed by atoms with E-state index in [1.165, 1.54) is 70.4 Å². The van der Waals surface area contributed by atoms with Gasteiger partial charge in [-0.1, -0.05) is 99.9 Å². The van der Waals surface area contributed by atoms with E-state index in [2.05, 4.69) is 27.3 Å². The molecule has 0 radical (unpaired) electrons. The number of aromatic nitrogens is 1. The first-order chi connectivity index (χ1) is 23.1. The minimum atomic E-state index is -0.700. The number of rotatable bonds is 18. The van der Waals surface area contributed by atoms with Crippen molar-refractivity contribution in [2.45, 2.75) is 102 Å². The smallest absolute Gasteiger partial charge is 0.313 e. The molecule has 1 aliphatic heterocycles. The molecule has 0 spiro atoms. The number of likely N-dealkylation sites (tertiary alicyclic amines) is 1. The second kappa shape index (κ2) is 19.1. The first-order valence-electron chi connectivity index (χ1n) is 18.5. The SMILES string of the molecule is O=C(OCC1CCN(CCCCCCCCCNC[C@H](O)c2cc(=O)[nH]c3ccccc23)CC1)C(c1ccccc1)C1CCCCC1. The Balaban J connectivity index is 0.871. The molecule has 1 aromatic heterocycles. The molecule has 2 aromatic carbocycles.